The summed E-state index contributed by atoms with van der Waals surface area (Å²) in [5.41, 5.74) is 3.80. The molecule has 2 nitrogen and oxygen atoms in total. The molecule has 2 aliphatic heterocycles. The number of halogens is 1. The lowest BCUT2D eigenvalue weighted by atomic mass is 9.77. The molecule has 0 bridgehead atoms. The topological polar surface area (TPSA) is 15.3 Å². The van der Waals surface area contributed by atoms with Crippen molar-refractivity contribution in [2.75, 3.05) is 26.2 Å². The zero-order valence-electron chi connectivity index (χ0n) is 12.9. The second-order valence-electron chi connectivity index (χ2n) is 7.42. The van der Waals surface area contributed by atoms with E-state index in [1.807, 2.05) is 0 Å². The molecule has 0 aromatic heterocycles. The lowest BCUT2D eigenvalue weighted by molar-refractivity contribution is 0.131. The molecule has 1 fully saturated rings. The van der Waals surface area contributed by atoms with Crippen LogP contribution < -0.4 is 5.32 Å². The van der Waals surface area contributed by atoms with E-state index in [0.717, 1.165) is 6.54 Å². The fourth-order valence-electron chi connectivity index (χ4n) is 3.91. The third kappa shape index (κ3) is 3.03. The van der Waals surface area contributed by atoms with Gasteiger partial charge in [0.15, 0.2) is 0 Å². The molecule has 1 unspecified atom stereocenters. The van der Waals surface area contributed by atoms with Crippen LogP contribution in [0.4, 0.5) is 0 Å². The number of hydrogen-bond donors (Lipinski definition) is 1. The first kappa shape index (κ1) is 15.8. The van der Waals surface area contributed by atoms with Crippen molar-refractivity contribution in [2.45, 2.75) is 39.2 Å². The summed E-state index contributed by atoms with van der Waals surface area (Å²) in [6, 6.07) is 8.97. The Morgan fingerprint density at radius 2 is 1.95 bits per heavy atom. The molecule has 1 aromatic carbocycles. The fraction of sp³-hybridized carbons (Fsp3) is 0.647. The minimum Gasteiger partial charge on any atom is -0.316 e. The highest BCUT2D eigenvalue weighted by Crippen LogP contribution is 2.35. The number of rotatable bonds is 2. The minimum atomic E-state index is 0. The van der Waals surface area contributed by atoms with E-state index >= 15 is 0 Å². The van der Waals surface area contributed by atoms with Crippen molar-refractivity contribution in [2.24, 2.45) is 5.41 Å². The van der Waals surface area contributed by atoms with Crippen LogP contribution >= 0.6 is 12.4 Å². The van der Waals surface area contributed by atoms with Crippen LogP contribution in [0, 0.1) is 5.41 Å². The molecule has 1 N–H and O–H groups in total. The van der Waals surface area contributed by atoms with Crippen molar-refractivity contribution < 1.29 is 0 Å². The van der Waals surface area contributed by atoms with Gasteiger partial charge < -0.3 is 5.32 Å². The highest BCUT2D eigenvalue weighted by Gasteiger charge is 2.36. The van der Waals surface area contributed by atoms with Gasteiger partial charge in [0.1, 0.15) is 0 Å². The van der Waals surface area contributed by atoms with E-state index in [1.165, 1.54) is 38.2 Å². The van der Waals surface area contributed by atoms with Gasteiger partial charge in [-0.2, -0.15) is 0 Å². The molecule has 1 atom stereocenters. The summed E-state index contributed by atoms with van der Waals surface area (Å²) in [5, 5.41) is 3.52. The second kappa shape index (κ2) is 5.67. The van der Waals surface area contributed by atoms with Crippen LogP contribution in [-0.4, -0.2) is 31.1 Å². The Morgan fingerprint density at radius 3 is 2.65 bits per heavy atom. The lowest BCUT2D eigenvalue weighted by Gasteiger charge is -2.42. The third-order valence-corrected chi connectivity index (χ3v) is 4.82. The molecule has 0 spiro atoms. The molecule has 2 heterocycles. The molecule has 20 heavy (non-hydrogen) atoms. The maximum absolute atomic E-state index is 3.52. The van der Waals surface area contributed by atoms with Gasteiger partial charge in [-0.15, -0.1) is 12.4 Å². The van der Waals surface area contributed by atoms with Crippen molar-refractivity contribution in [1.29, 1.82) is 0 Å². The molecule has 0 radical (unpaired) electrons. The molecule has 1 aromatic rings. The molecular weight excluding hydrogens is 268 g/mol. The van der Waals surface area contributed by atoms with Gasteiger partial charge in [-0.05, 0) is 29.5 Å². The monoisotopic (exact) mass is 294 g/mol. The molecule has 3 rings (SSSR count). The Labute approximate surface area is 129 Å². The average molecular weight is 295 g/mol. The van der Waals surface area contributed by atoms with Gasteiger partial charge in [0.25, 0.3) is 0 Å². The predicted octanol–water partition coefficient (Wildman–Crippen LogP) is 3.20. The summed E-state index contributed by atoms with van der Waals surface area (Å²) >= 11 is 0. The van der Waals surface area contributed by atoms with Crippen LogP contribution in [0.25, 0.3) is 0 Å². The second-order valence-corrected chi connectivity index (χ2v) is 7.42. The van der Waals surface area contributed by atoms with Gasteiger partial charge in [-0.3, -0.25) is 4.90 Å². The number of hydrogen-bond acceptors (Lipinski definition) is 2. The van der Waals surface area contributed by atoms with Gasteiger partial charge in [0.2, 0.25) is 0 Å². The largest absolute Gasteiger partial charge is 0.316 e. The van der Waals surface area contributed by atoms with Gasteiger partial charge in [0, 0.05) is 31.6 Å². The van der Waals surface area contributed by atoms with Crippen molar-refractivity contribution in [3.63, 3.8) is 0 Å². The maximum atomic E-state index is 3.52. The number of fused-ring (bicyclic) bond motifs is 1. The summed E-state index contributed by atoms with van der Waals surface area (Å²) in [5.74, 6) is 0. The van der Waals surface area contributed by atoms with Crippen LogP contribution in [0.1, 0.15) is 38.3 Å². The van der Waals surface area contributed by atoms with Gasteiger partial charge in [-0.25, -0.2) is 0 Å². The molecule has 0 amide bonds. The standard InChI is InChI=1S/C17H26N2.ClH/c1-16(2)12-19(13-17(3)8-9-18-11-17)10-14-6-4-5-7-15(14)16;/h4-7,18H,8-13H2,1-3H3;1H. The Balaban J connectivity index is 0.00000147. The predicted molar refractivity (Wildman–Crippen MR) is 87.6 cm³/mol. The van der Waals surface area contributed by atoms with Gasteiger partial charge in [0.05, 0.1) is 0 Å². The van der Waals surface area contributed by atoms with E-state index in [1.54, 1.807) is 5.56 Å². The van der Waals surface area contributed by atoms with E-state index in [2.05, 4.69) is 55.3 Å². The smallest absolute Gasteiger partial charge is 0.0237 e. The average Bonchev–Trinajstić information content (AvgIpc) is 2.75. The number of nitrogens with zero attached hydrogens (tertiary/aromatic N) is 1. The molecule has 3 heteroatoms. The zero-order valence-corrected chi connectivity index (χ0v) is 13.7. The Hall–Kier alpha value is -0.570. The van der Waals surface area contributed by atoms with E-state index in [4.69, 9.17) is 0 Å². The van der Waals surface area contributed by atoms with Crippen LogP contribution in [0.15, 0.2) is 24.3 Å². The first-order valence-electron chi connectivity index (χ1n) is 7.50. The summed E-state index contributed by atoms with van der Waals surface area (Å²) < 4.78 is 0. The maximum Gasteiger partial charge on any atom is 0.0237 e. The Kier molecular flexibility index (Phi) is 4.48. The van der Waals surface area contributed by atoms with Crippen molar-refractivity contribution >= 4 is 12.4 Å². The fourth-order valence-corrected chi connectivity index (χ4v) is 3.91. The first-order valence-corrected chi connectivity index (χ1v) is 7.50. The molecule has 0 aliphatic carbocycles. The van der Waals surface area contributed by atoms with Crippen LogP contribution in [0.5, 0.6) is 0 Å². The van der Waals surface area contributed by atoms with Crippen molar-refractivity contribution in [1.82, 2.24) is 10.2 Å². The molecule has 112 valence electrons. The van der Waals surface area contributed by atoms with E-state index in [-0.39, 0.29) is 17.8 Å². The van der Waals surface area contributed by atoms with Crippen LogP contribution in [0.2, 0.25) is 0 Å². The Morgan fingerprint density at radius 1 is 1.20 bits per heavy atom. The minimum absolute atomic E-state index is 0. The van der Waals surface area contributed by atoms with Crippen LogP contribution in [0.3, 0.4) is 0 Å². The van der Waals surface area contributed by atoms with Gasteiger partial charge in [-0.1, -0.05) is 45.0 Å². The summed E-state index contributed by atoms with van der Waals surface area (Å²) in [6.45, 7) is 13.1. The normalized spacial score (nSPS) is 28.8. The highest BCUT2D eigenvalue weighted by molar-refractivity contribution is 5.85. The molecule has 1 saturated heterocycles. The van der Waals surface area contributed by atoms with Crippen LogP contribution in [-0.2, 0) is 12.0 Å². The summed E-state index contributed by atoms with van der Waals surface area (Å²) in [6.07, 6.45) is 1.31. The zero-order chi connectivity index (χ0) is 13.5. The number of benzene rings is 1. The lowest BCUT2D eigenvalue weighted by Crippen LogP contribution is -2.46. The summed E-state index contributed by atoms with van der Waals surface area (Å²) in [4.78, 5) is 2.66. The molecule has 2 aliphatic rings. The SMILES string of the molecule is CC1(CN2Cc3ccccc3C(C)(C)C2)CCNC1.Cl. The Bertz CT molecular complexity index is 464. The molecular formula is C17H27ClN2. The number of nitrogens with one attached hydrogen (secondary N) is 1. The quantitative estimate of drug-likeness (QED) is 0.901. The molecule has 0 saturated carbocycles. The first-order chi connectivity index (χ1) is 8.99. The van der Waals surface area contributed by atoms with Crippen molar-refractivity contribution in [3.05, 3.63) is 35.4 Å². The van der Waals surface area contributed by atoms with Gasteiger partial charge >= 0.3 is 0 Å². The summed E-state index contributed by atoms with van der Waals surface area (Å²) in [7, 11) is 0. The highest BCUT2D eigenvalue weighted by atomic mass is 35.5. The third-order valence-electron chi connectivity index (χ3n) is 4.82. The van der Waals surface area contributed by atoms with E-state index in [0.29, 0.717) is 5.41 Å². The van der Waals surface area contributed by atoms with E-state index in [9.17, 15) is 0 Å². The van der Waals surface area contributed by atoms with E-state index < -0.39 is 0 Å². The van der Waals surface area contributed by atoms with Crippen molar-refractivity contribution in [3.8, 4) is 0 Å².